The Morgan fingerprint density at radius 1 is 1.32 bits per heavy atom. The molecule has 2 nitrogen and oxygen atoms in total. The Morgan fingerprint density at radius 3 is 2.79 bits per heavy atom. The van der Waals surface area contributed by atoms with Gasteiger partial charge in [0.15, 0.2) is 0 Å². The molecule has 0 aromatic heterocycles. The number of hydrogen-bond donors (Lipinski definition) is 1. The van der Waals surface area contributed by atoms with Crippen molar-refractivity contribution >= 4 is 5.69 Å². The first-order valence-corrected chi connectivity index (χ1v) is 7.44. The fraction of sp³-hybridized carbons (Fsp3) is 0.625. The summed E-state index contributed by atoms with van der Waals surface area (Å²) in [5, 5.41) is 3.31. The van der Waals surface area contributed by atoms with E-state index < -0.39 is 0 Å². The first-order valence-electron chi connectivity index (χ1n) is 7.44. The number of benzene rings is 1. The molecule has 19 heavy (non-hydrogen) atoms. The van der Waals surface area contributed by atoms with E-state index in [4.69, 9.17) is 0 Å². The summed E-state index contributed by atoms with van der Waals surface area (Å²) in [6.07, 6.45) is 3.63. The lowest BCUT2D eigenvalue weighted by atomic mass is 10.1. The van der Waals surface area contributed by atoms with Gasteiger partial charge in [0.25, 0.3) is 0 Å². The average Bonchev–Trinajstić information content (AvgIpc) is 2.77. The van der Waals surface area contributed by atoms with E-state index >= 15 is 0 Å². The molecule has 0 aliphatic carbocycles. The minimum Gasteiger partial charge on any atom is -0.366 e. The van der Waals surface area contributed by atoms with E-state index in [0.717, 1.165) is 25.1 Å². The van der Waals surface area contributed by atoms with Gasteiger partial charge >= 0.3 is 0 Å². The zero-order valence-electron chi connectivity index (χ0n) is 12.2. The summed E-state index contributed by atoms with van der Waals surface area (Å²) >= 11 is 0. The highest BCUT2D eigenvalue weighted by Crippen LogP contribution is 2.34. The minimum absolute atomic E-state index is 0.142. The van der Waals surface area contributed by atoms with Crippen molar-refractivity contribution in [2.24, 2.45) is 0 Å². The van der Waals surface area contributed by atoms with E-state index in [1.807, 2.05) is 6.07 Å². The molecule has 1 heterocycles. The maximum absolute atomic E-state index is 13.5. The molecule has 1 aromatic carbocycles. The van der Waals surface area contributed by atoms with Crippen LogP contribution in [0.15, 0.2) is 18.2 Å². The van der Waals surface area contributed by atoms with Crippen molar-refractivity contribution < 1.29 is 4.39 Å². The van der Waals surface area contributed by atoms with E-state index in [9.17, 15) is 4.39 Å². The van der Waals surface area contributed by atoms with Crippen LogP contribution in [-0.2, 0) is 6.54 Å². The van der Waals surface area contributed by atoms with Crippen molar-refractivity contribution in [1.82, 2.24) is 5.32 Å². The van der Waals surface area contributed by atoms with Crippen molar-refractivity contribution in [3.8, 4) is 0 Å². The van der Waals surface area contributed by atoms with Gasteiger partial charge in [-0.2, -0.15) is 0 Å². The maximum atomic E-state index is 13.5. The van der Waals surface area contributed by atoms with Crippen LogP contribution in [0.5, 0.6) is 0 Å². The molecule has 1 aromatic rings. The molecule has 2 atom stereocenters. The third-order valence-corrected chi connectivity index (χ3v) is 4.14. The molecule has 0 radical (unpaired) electrons. The summed E-state index contributed by atoms with van der Waals surface area (Å²) < 4.78 is 13.5. The molecular formula is C16H25FN2. The van der Waals surface area contributed by atoms with Crippen molar-refractivity contribution in [1.29, 1.82) is 0 Å². The number of rotatable bonds is 5. The fourth-order valence-electron chi connectivity index (χ4n) is 3.11. The number of nitrogens with one attached hydrogen (secondary N) is 1. The van der Waals surface area contributed by atoms with Gasteiger partial charge in [0.2, 0.25) is 0 Å². The topological polar surface area (TPSA) is 15.3 Å². The highest BCUT2D eigenvalue weighted by Gasteiger charge is 2.30. The van der Waals surface area contributed by atoms with Crippen LogP contribution in [0, 0.1) is 5.82 Å². The third kappa shape index (κ3) is 3.08. The van der Waals surface area contributed by atoms with Gasteiger partial charge in [0.1, 0.15) is 5.82 Å². The number of halogens is 1. The SMILES string of the molecule is CCNCc1cc(F)ccc1N1C(C)CCC1CC. The minimum atomic E-state index is -0.142. The van der Waals surface area contributed by atoms with E-state index in [1.54, 1.807) is 12.1 Å². The molecule has 2 rings (SSSR count). The van der Waals surface area contributed by atoms with E-state index in [0.29, 0.717) is 12.1 Å². The van der Waals surface area contributed by atoms with Gasteiger partial charge < -0.3 is 10.2 Å². The Labute approximate surface area is 116 Å². The first kappa shape index (κ1) is 14.3. The second kappa shape index (κ2) is 6.38. The van der Waals surface area contributed by atoms with Gasteiger partial charge in [0.05, 0.1) is 0 Å². The summed E-state index contributed by atoms with van der Waals surface area (Å²) in [5.74, 6) is -0.142. The maximum Gasteiger partial charge on any atom is 0.123 e. The molecule has 1 N–H and O–H groups in total. The number of hydrogen-bond acceptors (Lipinski definition) is 2. The largest absolute Gasteiger partial charge is 0.366 e. The first-order chi connectivity index (χ1) is 9.17. The van der Waals surface area contributed by atoms with Crippen LogP contribution in [-0.4, -0.2) is 18.6 Å². The Balaban J connectivity index is 2.31. The van der Waals surface area contributed by atoms with Crippen LogP contribution < -0.4 is 10.2 Å². The summed E-state index contributed by atoms with van der Waals surface area (Å²) in [4.78, 5) is 2.49. The highest BCUT2D eigenvalue weighted by molar-refractivity contribution is 5.56. The molecule has 0 spiro atoms. The quantitative estimate of drug-likeness (QED) is 0.872. The van der Waals surface area contributed by atoms with Gasteiger partial charge in [0, 0.05) is 24.3 Å². The van der Waals surface area contributed by atoms with Crippen LogP contribution in [0.25, 0.3) is 0 Å². The van der Waals surface area contributed by atoms with Crippen molar-refractivity contribution in [3.63, 3.8) is 0 Å². The van der Waals surface area contributed by atoms with Crippen molar-refractivity contribution in [2.45, 2.75) is 58.7 Å². The Hall–Kier alpha value is -1.09. The lowest BCUT2D eigenvalue weighted by Gasteiger charge is -2.32. The molecule has 1 aliphatic rings. The Morgan fingerprint density at radius 2 is 2.11 bits per heavy atom. The van der Waals surface area contributed by atoms with Gasteiger partial charge in [-0.05, 0) is 56.5 Å². The van der Waals surface area contributed by atoms with Gasteiger partial charge in [-0.1, -0.05) is 13.8 Å². The fourth-order valence-corrected chi connectivity index (χ4v) is 3.11. The van der Waals surface area contributed by atoms with Gasteiger partial charge in [-0.3, -0.25) is 0 Å². The lowest BCUT2D eigenvalue weighted by molar-refractivity contribution is 0.607. The highest BCUT2D eigenvalue weighted by atomic mass is 19.1. The van der Waals surface area contributed by atoms with Crippen LogP contribution in [0.4, 0.5) is 10.1 Å². The molecule has 3 heteroatoms. The molecule has 0 saturated carbocycles. The second-order valence-electron chi connectivity index (χ2n) is 5.45. The Kier molecular flexibility index (Phi) is 4.81. The van der Waals surface area contributed by atoms with Crippen LogP contribution in [0.2, 0.25) is 0 Å². The van der Waals surface area contributed by atoms with E-state index in [2.05, 4.69) is 31.0 Å². The number of nitrogens with zero attached hydrogens (tertiary/aromatic N) is 1. The summed E-state index contributed by atoms with van der Waals surface area (Å²) in [5.41, 5.74) is 2.29. The van der Waals surface area contributed by atoms with Crippen LogP contribution >= 0.6 is 0 Å². The number of anilines is 1. The van der Waals surface area contributed by atoms with E-state index in [-0.39, 0.29) is 5.82 Å². The predicted octanol–water partition coefficient (Wildman–Crippen LogP) is 3.70. The molecule has 0 amide bonds. The molecule has 1 aliphatic heterocycles. The van der Waals surface area contributed by atoms with E-state index in [1.165, 1.54) is 18.5 Å². The standard InChI is InChI=1S/C16H25FN2/c1-4-15-8-6-12(3)19(15)16-9-7-14(17)10-13(16)11-18-5-2/h7,9-10,12,15,18H,4-6,8,11H2,1-3H3. The van der Waals surface area contributed by atoms with Crippen molar-refractivity contribution in [3.05, 3.63) is 29.6 Å². The summed E-state index contributed by atoms with van der Waals surface area (Å²) in [6, 6.07) is 6.36. The average molecular weight is 264 g/mol. The normalized spacial score (nSPS) is 23.1. The zero-order valence-corrected chi connectivity index (χ0v) is 12.2. The molecule has 106 valence electrons. The predicted molar refractivity (Wildman–Crippen MR) is 79.0 cm³/mol. The molecule has 2 unspecified atom stereocenters. The smallest absolute Gasteiger partial charge is 0.123 e. The van der Waals surface area contributed by atoms with Gasteiger partial charge in [-0.15, -0.1) is 0 Å². The molecule has 0 bridgehead atoms. The third-order valence-electron chi connectivity index (χ3n) is 4.14. The van der Waals surface area contributed by atoms with Crippen LogP contribution in [0.1, 0.15) is 45.6 Å². The molecule has 1 fully saturated rings. The summed E-state index contributed by atoms with van der Waals surface area (Å²) in [6.45, 7) is 8.23. The van der Waals surface area contributed by atoms with Crippen molar-refractivity contribution in [2.75, 3.05) is 11.4 Å². The zero-order chi connectivity index (χ0) is 13.8. The lowest BCUT2D eigenvalue weighted by Crippen LogP contribution is -2.35. The second-order valence-corrected chi connectivity index (χ2v) is 5.45. The Bertz CT molecular complexity index is 419. The molecule has 1 saturated heterocycles. The molecular weight excluding hydrogens is 239 g/mol. The van der Waals surface area contributed by atoms with Gasteiger partial charge in [-0.25, -0.2) is 4.39 Å². The van der Waals surface area contributed by atoms with Crippen LogP contribution in [0.3, 0.4) is 0 Å². The summed E-state index contributed by atoms with van der Waals surface area (Å²) in [7, 11) is 0. The monoisotopic (exact) mass is 264 g/mol.